The Morgan fingerprint density at radius 1 is 1.40 bits per heavy atom. The largest absolute Gasteiger partial charge is 0.457 e. The monoisotopic (exact) mass is 402 g/mol. The molecule has 0 bridgehead atoms. The maximum absolute atomic E-state index is 6.21. The number of aromatic nitrogens is 2. The molecule has 0 aliphatic heterocycles. The van der Waals surface area contributed by atoms with Crippen molar-refractivity contribution in [2.75, 3.05) is 0 Å². The van der Waals surface area contributed by atoms with Gasteiger partial charge >= 0.3 is 0 Å². The Balaban J connectivity index is 1.95. The third-order valence-electron chi connectivity index (χ3n) is 3.69. The third-order valence-corrected chi connectivity index (χ3v) is 5.41. The highest BCUT2D eigenvalue weighted by Crippen LogP contribution is 2.47. The van der Waals surface area contributed by atoms with Crippen LogP contribution in [0.5, 0.6) is 0 Å². The molecule has 0 spiro atoms. The molecule has 1 fully saturated rings. The van der Waals surface area contributed by atoms with Gasteiger partial charge in [0.1, 0.15) is 10.9 Å². The van der Waals surface area contributed by atoms with E-state index in [1.807, 2.05) is 12.1 Å². The van der Waals surface area contributed by atoms with Gasteiger partial charge in [-0.15, -0.1) is 0 Å². The minimum absolute atomic E-state index is 0.511. The molecular formula is C15H16ClIN2O. The summed E-state index contributed by atoms with van der Waals surface area (Å²) >= 11 is 8.41. The van der Waals surface area contributed by atoms with Crippen LogP contribution in [0.4, 0.5) is 0 Å². The summed E-state index contributed by atoms with van der Waals surface area (Å²) in [5, 5.41) is 0.511. The van der Waals surface area contributed by atoms with E-state index in [2.05, 4.69) is 46.4 Å². The molecule has 0 radical (unpaired) electrons. The molecule has 0 N–H and O–H groups in total. The predicted octanol–water partition coefficient (Wildman–Crippen LogP) is 5.07. The molecule has 5 heteroatoms. The highest BCUT2D eigenvalue weighted by atomic mass is 127. The lowest BCUT2D eigenvalue weighted by molar-refractivity contribution is 0.514. The van der Waals surface area contributed by atoms with E-state index >= 15 is 0 Å². The first-order chi connectivity index (χ1) is 9.60. The van der Waals surface area contributed by atoms with Gasteiger partial charge in [-0.05, 0) is 53.5 Å². The van der Waals surface area contributed by atoms with E-state index in [9.17, 15) is 0 Å². The molecule has 2 heterocycles. The second kappa shape index (κ2) is 5.64. The number of hydrogen-bond acceptors (Lipinski definition) is 3. The van der Waals surface area contributed by atoms with E-state index in [-0.39, 0.29) is 0 Å². The van der Waals surface area contributed by atoms with Gasteiger partial charge in [0.25, 0.3) is 0 Å². The summed E-state index contributed by atoms with van der Waals surface area (Å²) in [7, 11) is 0. The number of rotatable bonds is 4. The molecule has 2 aromatic rings. The second-order valence-electron chi connectivity index (χ2n) is 5.37. The van der Waals surface area contributed by atoms with E-state index in [4.69, 9.17) is 16.0 Å². The smallest absolute Gasteiger partial charge is 0.197 e. The Bertz CT molecular complexity index is 641. The Morgan fingerprint density at radius 3 is 2.80 bits per heavy atom. The highest BCUT2D eigenvalue weighted by molar-refractivity contribution is 14.1. The summed E-state index contributed by atoms with van der Waals surface area (Å²) in [4.78, 5) is 8.96. The van der Waals surface area contributed by atoms with Gasteiger partial charge in [-0.25, -0.2) is 9.97 Å². The van der Waals surface area contributed by atoms with E-state index in [0.717, 1.165) is 39.5 Å². The summed E-state index contributed by atoms with van der Waals surface area (Å²) in [6.45, 7) is 4.37. The topological polar surface area (TPSA) is 38.9 Å². The molecule has 3 rings (SSSR count). The summed E-state index contributed by atoms with van der Waals surface area (Å²) in [6, 6.07) is 3.99. The van der Waals surface area contributed by atoms with E-state index in [1.54, 1.807) is 0 Å². The fourth-order valence-corrected chi connectivity index (χ4v) is 3.07. The van der Waals surface area contributed by atoms with Crippen molar-refractivity contribution >= 4 is 34.2 Å². The number of furan rings is 1. The Hall–Kier alpha value is -0.620. The maximum Gasteiger partial charge on any atom is 0.197 e. The molecule has 106 valence electrons. The third kappa shape index (κ3) is 2.72. The van der Waals surface area contributed by atoms with E-state index in [1.165, 1.54) is 6.42 Å². The van der Waals surface area contributed by atoms with Crippen LogP contribution in [0.1, 0.15) is 44.1 Å². The zero-order valence-electron chi connectivity index (χ0n) is 11.5. The van der Waals surface area contributed by atoms with Crippen molar-refractivity contribution in [3.05, 3.63) is 32.3 Å². The molecule has 1 aliphatic carbocycles. The molecule has 0 saturated heterocycles. The zero-order valence-corrected chi connectivity index (χ0v) is 14.4. The van der Waals surface area contributed by atoms with Gasteiger partial charge in [0.05, 0.1) is 9.26 Å². The standard InChI is InChI=1S/C15H16ClIN2O/c1-3-4-10-13(17)14(16)19-15(18-10)12-6-5-11(20-12)9-7-8(9)2/h5-6,8-9H,3-4,7H2,1-2H3. The molecule has 1 aliphatic rings. The zero-order chi connectivity index (χ0) is 14.3. The molecular weight excluding hydrogens is 387 g/mol. The van der Waals surface area contributed by atoms with Gasteiger partial charge < -0.3 is 4.42 Å². The fraction of sp³-hybridized carbons (Fsp3) is 0.467. The lowest BCUT2D eigenvalue weighted by Crippen LogP contribution is -2.00. The fourth-order valence-electron chi connectivity index (χ4n) is 2.37. The van der Waals surface area contributed by atoms with Crippen LogP contribution in [0.3, 0.4) is 0 Å². The first-order valence-corrected chi connectivity index (χ1v) is 8.37. The molecule has 2 atom stereocenters. The Labute approximate surface area is 137 Å². The predicted molar refractivity (Wildman–Crippen MR) is 88.0 cm³/mol. The number of hydrogen-bond donors (Lipinski definition) is 0. The van der Waals surface area contributed by atoms with Crippen LogP contribution in [-0.2, 0) is 6.42 Å². The average Bonchev–Trinajstić information content (AvgIpc) is 2.96. The van der Waals surface area contributed by atoms with Crippen molar-refractivity contribution in [2.45, 2.75) is 39.0 Å². The van der Waals surface area contributed by atoms with Crippen LogP contribution < -0.4 is 0 Å². The lowest BCUT2D eigenvalue weighted by Gasteiger charge is -2.05. The van der Waals surface area contributed by atoms with E-state index in [0.29, 0.717) is 16.9 Å². The van der Waals surface area contributed by atoms with Crippen molar-refractivity contribution in [1.82, 2.24) is 9.97 Å². The highest BCUT2D eigenvalue weighted by Gasteiger charge is 2.36. The van der Waals surface area contributed by atoms with Crippen LogP contribution in [0, 0.1) is 9.49 Å². The summed E-state index contributed by atoms with van der Waals surface area (Å²) in [5.41, 5.74) is 1.00. The lowest BCUT2D eigenvalue weighted by atomic mass is 10.2. The van der Waals surface area contributed by atoms with Crippen LogP contribution in [-0.4, -0.2) is 9.97 Å². The van der Waals surface area contributed by atoms with Crippen molar-refractivity contribution in [3.8, 4) is 11.6 Å². The molecule has 2 unspecified atom stereocenters. The first-order valence-electron chi connectivity index (χ1n) is 6.92. The van der Waals surface area contributed by atoms with Crippen LogP contribution >= 0.6 is 34.2 Å². The summed E-state index contributed by atoms with van der Waals surface area (Å²) in [6.07, 6.45) is 3.15. The second-order valence-corrected chi connectivity index (χ2v) is 6.81. The molecule has 1 saturated carbocycles. The van der Waals surface area contributed by atoms with Gasteiger partial charge in [0, 0.05) is 5.92 Å². The molecule has 0 aromatic carbocycles. The molecule has 20 heavy (non-hydrogen) atoms. The van der Waals surface area contributed by atoms with E-state index < -0.39 is 0 Å². The quantitative estimate of drug-likeness (QED) is 0.529. The molecule has 0 amide bonds. The first kappa shape index (κ1) is 14.3. The van der Waals surface area contributed by atoms with Crippen LogP contribution in [0.25, 0.3) is 11.6 Å². The Kier molecular flexibility index (Phi) is 4.04. The molecule has 2 aromatic heterocycles. The van der Waals surface area contributed by atoms with Crippen molar-refractivity contribution in [1.29, 1.82) is 0 Å². The maximum atomic E-state index is 6.21. The average molecular weight is 403 g/mol. The van der Waals surface area contributed by atoms with Crippen molar-refractivity contribution < 1.29 is 4.42 Å². The summed E-state index contributed by atoms with van der Waals surface area (Å²) in [5.74, 6) is 3.65. The minimum Gasteiger partial charge on any atom is -0.457 e. The molecule has 3 nitrogen and oxygen atoms in total. The van der Waals surface area contributed by atoms with Gasteiger partial charge in [0.2, 0.25) is 0 Å². The van der Waals surface area contributed by atoms with Gasteiger partial charge in [0.15, 0.2) is 11.6 Å². The van der Waals surface area contributed by atoms with Gasteiger partial charge in [-0.2, -0.15) is 0 Å². The normalized spacial score (nSPS) is 21.2. The van der Waals surface area contributed by atoms with Crippen molar-refractivity contribution in [2.24, 2.45) is 5.92 Å². The number of aryl methyl sites for hydroxylation is 1. The number of halogens is 2. The SMILES string of the molecule is CCCc1nc(-c2ccc(C3CC3C)o2)nc(Cl)c1I. The van der Waals surface area contributed by atoms with Gasteiger partial charge in [-0.1, -0.05) is 31.9 Å². The van der Waals surface area contributed by atoms with Crippen LogP contribution in [0.15, 0.2) is 16.5 Å². The van der Waals surface area contributed by atoms with Crippen molar-refractivity contribution in [3.63, 3.8) is 0 Å². The van der Waals surface area contributed by atoms with Gasteiger partial charge in [-0.3, -0.25) is 0 Å². The number of nitrogens with zero attached hydrogens (tertiary/aromatic N) is 2. The minimum atomic E-state index is 0.511. The summed E-state index contributed by atoms with van der Waals surface area (Å²) < 4.78 is 6.85. The Morgan fingerprint density at radius 2 is 2.15 bits per heavy atom. The van der Waals surface area contributed by atoms with Crippen LogP contribution in [0.2, 0.25) is 5.15 Å².